The van der Waals surface area contributed by atoms with Gasteiger partial charge in [0.2, 0.25) is 0 Å². The summed E-state index contributed by atoms with van der Waals surface area (Å²) in [7, 11) is 0. The number of hydrogen-bond acceptors (Lipinski definition) is 3. The highest BCUT2D eigenvalue weighted by Gasteiger charge is 2.36. The molecule has 0 aromatic heterocycles. The fourth-order valence-corrected chi connectivity index (χ4v) is 2.19. The molecule has 1 aliphatic carbocycles. The second-order valence-electron chi connectivity index (χ2n) is 4.83. The number of hydrogen-bond donors (Lipinski definition) is 2. The largest absolute Gasteiger partial charge is 0.314 e. The summed E-state index contributed by atoms with van der Waals surface area (Å²) in [6, 6.07) is 2.95. The number of nitrogens with zero attached hydrogens (tertiary/aromatic N) is 1. The van der Waals surface area contributed by atoms with Gasteiger partial charge < -0.3 is 5.32 Å². The van der Waals surface area contributed by atoms with E-state index < -0.39 is 0 Å². The lowest BCUT2D eigenvalue weighted by atomic mass is 9.86. The second kappa shape index (κ2) is 3.88. The van der Waals surface area contributed by atoms with Crippen LogP contribution in [0.4, 0.5) is 0 Å². The van der Waals surface area contributed by atoms with Crippen LogP contribution < -0.4 is 10.6 Å². The first-order chi connectivity index (χ1) is 6.74. The van der Waals surface area contributed by atoms with Crippen molar-refractivity contribution in [2.75, 3.05) is 13.1 Å². The molecule has 0 spiro atoms. The summed E-state index contributed by atoms with van der Waals surface area (Å²) in [4.78, 5) is 0. The van der Waals surface area contributed by atoms with Crippen LogP contribution in [0.1, 0.15) is 32.6 Å². The van der Waals surface area contributed by atoms with E-state index >= 15 is 0 Å². The topological polar surface area (TPSA) is 47.9 Å². The van der Waals surface area contributed by atoms with Crippen LogP contribution in [0.5, 0.6) is 0 Å². The summed E-state index contributed by atoms with van der Waals surface area (Å²) in [6.07, 6.45) is 4.58. The van der Waals surface area contributed by atoms with Crippen LogP contribution in [0.3, 0.4) is 0 Å². The molecule has 2 fully saturated rings. The van der Waals surface area contributed by atoms with Gasteiger partial charge in [0, 0.05) is 6.04 Å². The molecule has 2 N–H and O–H groups in total. The minimum absolute atomic E-state index is 0.243. The first kappa shape index (κ1) is 9.95. The van der Waals surface area contributed by atoms with E-state index in [9.17, 15) is 5.26 Å². The van der Waals surface area contributed by atoms with Gasteiger partial charge in [0.15, 0.2) is 0 Å². The molecular weight excluding hydrogens is 174 g/mol. The molecule has 3 nitrogen and oxygen atoms in total. The first-order valence-electron chi connectivity index (χ1n) is 5.64. The summed E-state index contributed by atoms with van der Waals surface area (Å²) >= 11 is 0. The highest BCUT2D eigenvalue weighted by atomic mass is 15.0. The minimum Gasteiger partial charge on any atom is -0.314 e. The SMILES string of the molecule is CC1CC(C#N)(NCC2CC2)CCN1. The molecule has 0 aromatic carbocycles. The quantitative estimate of drug-likeness (QED) is 0.703. The summed E-state index contributed by atoms with van der Waals surface area (Å²) in [5.41, 5.74) is -0.243. The molecule has 2 aliphatic rings. The van der Waals surface area contributed by atoms with Gasteiger partial charge in [-0.3, -0.25) is 5.32 Å². The maximum atomic E-state index is 9.25. The summed E-state index contributed by atoms with van der Waals surface area (Å²) < 4.78 is 0. The zero-order chi connectivity index (χ0) is 10.0. The molecule has 0 radical (unpaired) electrons. The van der Waals surface area contributed by atoms with E-state index in [2.05, 4.69) is 23.6 Å². The number of nitrogens with one attached hydrogen (secondary N) is 2. The van der Waals surface area contributed by atoms with Gasteiger partial charge in [-0.1, -0.05) is 0 Å². The molecular formula is C11H19N3. The molecule has 0 bridgehead atoms. The van der Waals surface area contributed by atoms with Gasteiger partial charge in [0.1, 0.15) is 5.54 Å². The van der Waals surface area contributed by atoms with E-state index in [0.29, 0.717) is 6.04 Å². The number of nitriles is 1. The van der Waals surface area contributed by atoms with Gasteiger partial charge in [-0.25, -0.2) is 0 Å². The van der Waals surface area contributed by atoms with Crippen molar-refractivity contribution in [3.63, 3.8) is 0 Å². The Kier molecular flexibility index (Phi) is 2.76. The molecule has 2 atom stereocenters. The third-order valence-electron chi connectivity index (χ3n) is 3.34. The molecule has 2 unspecified atom stereocenters. The Morgan fingerprint density at radius 1 is 1.57 bits per heavy atom. The van der Waals surface area contributed by atoms with E-state index in [1.165, 1.54) is 12.8 Å². The van der Waals surface area contributed by atoms with Crippen molar-refractivity contribution in [3.05, 3.63) is 0 Å². The number of rotatable bonds is 3. The Morgan fingerprint density at radius 2 is 2.36 bits per heavy atom. The van der Waals surface area contributed by atoms with Gasteiger partial charge in [-0.2, -0.15) is 5.26 Å². The Bertz CT molecular complexity index is 241. The Morgan fingerprint density at radius 3 is 2.93 bits per heavy atom. The summed E-state index contributed by atoms with van der Waals surface area (Å²) in [5.74, 6) is 0.852. The predicted octanol–water partition coefficient (Wildman–Crippen LogP) is 1.02. The van der Waals surface area contributed by atoms with Gasteiger partial charge >= 0.3 is 0 Å². The average molecular weight is 193 g/mol. The summed E-state index contributed by atoms with van der Waals surface area (Å²) in [5, 5.41) is 16.1. The van der Waals surface area contributed by atoms with Crippen molar-refractivity contribution < 1.29 is 0 Å². The molecule has 1 heterocycles. The van der Waals surface area contributed by atoms with Crippen molar-refractivity contribution in [2.45, 2.75) is 44.2 Å². The van der Waals surface area contributed by atoms with Gasteiger partial charge in [-0.15, -0.1) is 0 Å². The fourth-order valence-electron chi connectivity index (χ4n) is 2.19. The molecule has 1 saturated carbocycles. The van der Waals surface area contributed by atoms with Gasteiger partial charge in [0.25, 0.3) is 0 Å². The molecule has 2 rings (SSSR count). The number of piperidine rings is 1. The molecule has 1 aliphatic heterocycles. The van der Waals surface area contributed by atoms with Crippen molar-refractivity contribution >= 4 is 0 Å². The zero-order valence-corrected chi connectivity index (χ0v) is 8.84. The first-order valence-corrected chi connectivity index (χ1v) is 5.64. The van der Waals surface area contributed by atoms with Crippen LogP contribution in [0.15, 0.2) is 0 Å². The summed E-state index contributed by atoms with van der Waals surface area (Å²) in [6.45, 7) is 4.16. The molecule has 14 heavy (non-hydrogen) atoms. The molecule has 0 amide bonds. The lowest BCUT2D eigenvalue weighted by molar-refractivity contribution is 0.266. The van der Waals surface area contributed by atoms with Gasteiger partial charge in [0.05, 0.1) is 6.07 Å². The average Bonchev–Trinajstić information content (AvgIpc) is 2.98. The predicted molar refractivity (Wildman–Crippen MR) is 55.8 cm³/mol. The van der Waals surface area contributed by atoms with Crippen molar-refractivity contribution in [3.8, 4) is 6.07 Å². The van der Waals surface area contributed by atoms with E-state index in [1.807, 2.05) is 0 Å². The Hall–Kier alpha value is -0.590. The third kappa shape index (κ3) is 2.26. The smallest absolute Gasteiger partial charge is 0.109 e. The van der Waals surface area contributed by atoms with E-state index in [4.69, 9.17) is 0 Å². The lowest BCUT2D eigenvalue weighted by Crippen LogP contribution is -2.54. The third-order valence-corrected chi connectivity index (χ3v) is 3.34. The normalized spacial score (nSPS) is 37.9. The van der Waals surface area contributed by atoms with Crippen LogP contribution in [0.25, 0.3) is 0 Å². The van der Waals surface area contributed by atoms with Crippen LogP contribution in [0.2, 0.25) is 0 Å². The highest BCUT2D eigenvalue weighted by molar-refractivity contribution is 5.11. The fraction of sp³-hybridized carbons (Fsp3) is 0.909. The van der Waals surface area contributed by atoms with E-state index in [1.54, 1.807) is 0 Å². The minimum atomic E-state index is -0.243. The van der Waals surface area contributed by atoms with Crippen LogP contribution >= 0.6 is 0 Å². The monoisotopic (exact) mass is 193 g/mol. The van der Waals surface area contributed by atoms with Crippen LogP contribution in [-0.2, 0) is 0 Å². The van der Waals surface area contributed by atoms with E-state index in [-0.39, 0.29) is 5.54 Å². The van der Waals surface area contributed by atoms with Crippen LogP contribution in [-0.4, -0.2) is 24.7 Å². The van der Waals surface area contributed by atoms with Crippen molar-refractivity contribution in [1.82, 2.24) is 10.6 Å². The second-order valence-corrected chi connectivity index (χ2v) is 4.83. The maximum absolute atomic E-state index is 9.25. The standard InChI is InChI=1S/C11H19N3/c1-9-6-11(8-12,4-5-13-9)14-7-10-2-3-10/h9-10,13-14H,2-7H2,1H3. The molecule has 3 heteroatoms. The van der Waals surface area contributed by atoms with Crippen molar-refractivity contribution in [1.29, 1.82) is 5.26 Å². The highest BCUT2D eigenvalue weighted by Crippen LogP contribution is 2.29. The Balaban J connectivity index is 1.89. The molecule has 78 valence electrons. The maximum Gasteiger partial charge on any atom is 0.109 e. The molecule has 1 saturated heterocycles. The Labute approximate surface area is 85.9 Å². The van der Waals surface area contributed by atoms with Crippen LogP contribution in [0, 0.1) is 17.2 Å². The zero-order valence-electron chi connectivity index (χ0n) is 8.84. The van der Waals surface area contributed by atoms with Crippen molar-refractivity contribution in [2.24, 2.45) is 5.92 Å². The van der Waals surface area contributed by atoms with E-state index in [0.717, 1.165) is 31.8 Å². The molecule has 0 aromatic rings. The lowest BCUT2D eigenvalue weighted by Gasteiger charge is -2.36. The van der Waals surface area contributed by atoms with Gasteiger partial charge in [-0.05, 0) is 51.6 Å².